The lowest BCUT2D eigenvalue weighted by molar-refractivity contribution is -0.134. The number of carbonyl (C=O) groups excluding carboxylic acids is 3. The monoisotopic (exact) mass is 432 g/mol. The highest BCUT2D eigenvalue weighted by Crippen LogP contribution is 2.41. The number of hydrogen-bond donors (Lipinski definition) is 2. The fourth-order valence-corrected chi connectivity index (χ4v) is 5.14. The number of fused-ring (bicyclic) bond motifs is 2. The van der Waals surface area contributed by atoms with Crippen molar-refractivity contribution in [1.29, 1.82) is 0 Å². The number of aromatic nitrogens is 1. The topological polar surface area (TPSA) is 91.4 Å². The molecule has 1 spiro atoms. The zero-order valence-corrected chi connectivity index (χ0v) is 17.4. The number of nitrogens with one attached hydrogen (secondary N) is 2. The lowest BCUT2D eigenvalue weighted by atomic mass is 9.92. The van der Waals surface area contributed by atoms with Crippen molar-refractivity contribution in [3.63, 3.8) is 0 Å². The van der Waals surface area contributed by atoms with Crippen molar-refractivity contribution < 1.29 is 14.4 Å². The largest absolute Gasteiger partial charge is 0.325 e. The molecule has 1 aromatic heterocycles. The molecule has 2 N–H and O–H groups in total. The molecule has 8 heteroatoms. The number of carbonyl (C=O) groups is 3. The molecule has 1 fully saturated rings. The van der Waals surface area contributed by atoms with E-state index in [0.717, 1.165) is 32.9 Å². The summed E-state index contributed by atoms with van der Waals surface area (Å²) in [5, 5.41) is 5.99. The zero-order valence-electron chi connectivity index (χ0n) is 16.6. The summed E-state index contributed by atoms with van der Waals surface area (Å²) >= 11 is 1.38. The Morgan fingerprint density at radius 1 is 1.13 bits per heavy atom. The normalized spacial score (nSPS) is 19.5. The Labute approximate surface area is 183 Å². The Hall–Kier alpha value is -3.52. The van der Waals surface area contributed by atoms with Gasteiger partial charge < -0.3 is 10.6 Å². The van der Waals surface area contributed by atoms with Gasteiger partial charge in [-0.1, -0.05) is 54.6 Å². The molecule has 2 aromatic carbocycles. The lowest BCUT2D eigenvalue weighted by Crippen LogP contribution is -2.42. The number of benzene rings is 2. The van der Waals surface area contributed by atoms with E-state index in [4.69, 9.17) is 0 Å². The van der Waals surface area contributed by atoms with Crippen LogP contribution in [0, 0.1) is 0 Å². The fourth-order valence-electron chi connectivity index (χ4n) is 4.28. The average molecular weight is 433 g/mol. The maximum atomic E-state index is 13.1. The number of rotatable bonds is 5. The van der Waals surface area contributed by atoms with Crippen molar-refractivity contribution in [3.8, 4) is 0 Å². The van der Waals surface area contributed by atoms with Crippen LogP contribution >= 0.6 is 11.3 Å². The highest BCUT2D eigenvalue weighted by atomic mass is 32.1. The quantitative estimate of drug-likeness (QED) is 0.606. The minimum Gasteiger partial charge on any atom is -0.319 e. The van der Waals surface area contributed by atoms with Crippen LogP contribution in [-0.2, 0) is 28.0 Å². The Kier molecular flexibility index (Phi) is 4.78. The van der Waals surface area contributed by atoms with Crippen LogP contribution in [0.5, 0.6) is 0 Å². The van der Waals surface area contributed by atoms with Crippen LogP contribution in [0.25, 0.3) is 0 Å². The Balaban J connectivity index is 1.25. The second kappa shape index (κ2) is 7.63. The first-order chi connectivity index (χ1) is 15.0. The minimum atomic E-state index is -1.06. The number of hydrogen-bond acceptors (Lipinski definition) is 5. The second-order valence-corrected chi connectivity index (χ2v) is 8.84. The average Bonchev–Trinajstić information content (AvgIpc) is 3.43. The molecule has 156 valence electrons. The van der Waals surface area contributed by atoms with E-state index >= 15 is 0 Å². The van der Waals surface area contributed by atoms with Gasteiger partial charge >= 0.3 is 6.03 Å². The zero-order chi connectivity index (χ0) is 21.4. The van der Waals surface area contributed by atoms with Gasteiger partial charge in [-0.3, -0.25) is 14.5 Å². The molecule has 0 bridgehead atoms. The van der Waals surface area contributed by atoms with Crippen LogP contribution in [0.15, 0.2) is 60.8 Å². The molecular weight excluding hydrogens is 412 g/mol. The molecule has 4 amide bonds. The summed E-state index contributed by atoms with van der Waals surface area (Å²) in [5.74, 6) is -0.825. The summed E-state index contributed by atoms with van der Waals surface area (Å²) in [6.45, 7) is -0.345. The molecule has 31 heavy (non-hydrogen) atoms. The highest BCUT2D eigenvalue weighted by Gasteiger charge is 2.55. The molecule has 3 aromatic rings. The molecule has 1 unspecified atom stereocenters. The Morgan fingerprint density at radius 2 is 1.90 bits per heavy atom. The molecule has 1 saturated heterocycles. The molecule has 5 rings (SSSR count). The van der Waals surface area contributed by atoms with E-state index in [-0.39, 0.29) is 12.5 Å². The molecule has 7 nitrogen and oxygen atoms in total. The standard InChI is InChI=1S/C23H20N4O3S/c28-19(25-21-24-13-17(31-21)12-15-6-2-1-3-7-15)14-27-20(29)23(26-22(27)30)11-10-16-8-4-5-9-18(16)23/h1-9,13H,10-12,14H2,(H,26,30)(H,24,25,28). The van der Waals surface area contributed by atoms with E-state index in [2.05, 4.69) is 15.6 Å². The molecule has 1 aliphatic heterocycles. The predicted molar refractivity (Wildman–Crippen MR) is 117 cm³/mol. The predicted octanol–water partition coefficient (Wildman–Crippen LogP) is 3.07. The Morgan fingerprint density at radius 3 is 2.74 bits per heavy atom. The van der Waals surface area contributed by atoms with Gasteiger partial charge in [0.05, 0.1) is 0 Å². The number of imide groups is 1. The summed E-state index contributed by atoms with van der Waals surface area (Å²) in [6.07, 6.45) is 3.67. The van der Waals surface area contributed by atoms with Crippen LogP contribution in [0.3, 0.4) is 0 Å². The maximum Gasteiger partial charge on any atom is 0.325 e. The van der Waals surface area contributed by atoms with E-state index in [0.29, 0.717) is 18.0 Å². The fraction of sp³-hybridized carbons (Fsp3) is 0.217. The number of urea groups is 1. The summed E-state index contributed by atoms with van der Waals surface area (Å²) in [5.41, 5.74) is 1.97. The van der Waals surface area contributed by atoms with E-state index in [1.54, 1.807) is 6.20 Å². The van der Waals surface area contributed by atoms with Crippen LogP contribution in [0.2, 0.25) is 0 Å². The van der Waals surface area contributed by atoms with Gasteiger partial charge in [-0.25, -0.2) is 9.78 Å². The van der Waals surface area contributed by atoms with Gasteiger partial charge in [0, 0.05) is 17.5 Å². The van der Waals surface area contributed by atoms with Gasteiger partial charge in [-0.05, 0) is 29.5 Å². The van der Waals surface area contributed by atoms with Gasteiger partial charge in [-0.2, -0.15) is 0 Å². The van der Waals surface area contributed by atoms with Crippen molar-refractivity contribution in [3.05, 3.63) is 82.4 Å². The van der Waals surface area contributed by atoms with Crippen LogP contribution in [0.1, 0.15) is 28.0 Å². The third kappa shape index (κ3) is 3.48. The molecule has 0 radical (unpaired) electrons. The van der Waals surface area contributed by atoms with Gasteiger partial charge in [0.15, 0.2) is 5.13 Å². The van der Waals surface area contributed by atoms with Gasteiger partial charge in [-0.15, -0.1) is 11.3 Å². The van der Waals surface area contributed by atoms with Gasteiger partial charge in [0.25, 0.3) is 5.91 Å². The lowest BCUT2D eigenvalue weighted by Gasteiger charge is -2.22. The smallest absolute Gasteiger partial charge is 0.319 e. The number of amides is 4. The summed E-state index contributed by atoms with van der Waals surface area (Å²) in [7, 11) is 0. The van der Waals surface area contributed by atoms with Crippen molar-refractivity contribution in [2.24, 2.45) is 0 Å². The molecule has 0 saturated carbocycles. The van der Waals surface area contributed by atoms with Gasteiger partial charge in [0.1, 0.15) is 12.1 Å². The molecule has 2 aliphatic rings. The minimum absolute atomic E-state index is 0.345. The number of aryl methyl sites for hydroxylation is 1. The van der Waals surface area contributed by atoms with Crippen molar-refractivity contribution in [1.82, 2.24) is 15.2 Å². The van der Waals surface area contributed by atoms with Crippen LogP contribution in [0.4, 0.5) is 9.93 Å². The van der Waals surface area contributed by atoms with E-state index in [1.807, 2.05) is 54.6 Å². The van der Waals surface area contributed by atoms with Crippen LogP contribution in [-0.4, -0.2) is 34.3 Å². The SMILES string of the molecule is O=C(CN1C(=O)NC2(CCc3ccccc32)C1=O)Nc1ncc(Cc2ccccc2)s1. The summed E-state index contributed by atoms with van der Waals surface area (Å²) in [4.78, 5) is 44.5. The molecule has 2 heterocycles. The maximum absolute atomic E-state index is 13.1. The number of nitrogens with zero attached hydrogens (tertiary/aromatic N) is 2. The van der Waals surface area contributed by atoms with Gasteiger partial charge in [0.2, 0.25) is 5.91 Å². The number of thiazole rings is 1. The first kappa shape index (κ1) is 19.4. The van der Waals surface area contributed by atoms with E-state index < -0.39 is 17.5 Å². The molecule has 1 atom stereocenters. The van der Waals surface area contributed by atoms with E-state index in [9.17, 15) is 14.4 Å². The third-order valence-electron chi connectivity index (χ3n) is 5.75. The Bertz CT molecular complexity index is 1180. The molecular formula is C23H20N4O3S. The third-order valence-corrected chi connectivity index (χ3v) is 6.66. The van der Waals surface area contributed by atoms with Crippen molar-refractivity contribution in [2.45, 2.75) is 24.8 Å². The first-order valence-electron chi connectivity index (χ1n) is 10.1. The summed E-state index contributed by atoms with van der Waals surface area (Å²) in [6, 6.07) is 17.1. The second-order valence-electron chi connectivity index (χ2n) is 7.73. The number of anilines is 1. The van der Waals surface area contributed by atoms with E-state index in [1.165, 1.54) is 11.3 Å². The van der Waals surface area contributed by atoms with Crippen molar-refractivity contribution in [2.75, 3.05) is 11.9 Å². The summed E-state index contributed by atoms with van der Waals surface area (Å²) < 4.78 is 0. The molecule has 1 aliphatic carbocycles. The highest BCUT2D eigenvalue weighted by molar-refractivity contribution is 7.15. The van der Waals surface area contributed by atoms with Crippen LogP contribution < -0.4 is 10.6 Å². The van der Waals surface area contributed by atoms with Crippen molar-refractivity contribution >= 4 is 34.3 Å². The first-order valence-corrected chi connectivity index (χ1v) is 10.9.